The molecule has 0 radical (unpaired) electrons. The van der Waals surface area contributed by atoms with Crippen molar-refractivity contribution in [1.29, 1.82) is 0 Å². The zero-order chi connectivity index (χ0) is 24.2. The number of benzene rings is 3. The molecule has 0 aromatic heterocycles. The lowest BCUT2D eigenvalue weighted by Gasteiger charge is -2.13. The molecule has 2 amide bonds. The number of ether oxygens (including phenoxy) is 2. The summed E-state index contributed by atoms with van der Waals surface area (Å²) in [4.78, 5) is 26.7. The van der Waals surface area contributed by atoms with Crippen molar-refractivity contribution in [2.75, 3.05) is 7.11 Å². The minimum absolute atomic E-state index is 0.0812. The first-order chi connectivity index (χ1) is 16.4. The van der Waals surface area contributed by atoms with Crippen LogP contribution in [0, 0.1) is 5.82 Å². The normalized spacial score (nSPS) is 14.7. The highest BCUT2D eigenvalue weighted by Gasteiger charge is 2.35. The Hall–Kier alpha value is -3.00. The van der Waals surface area contributed by atoms with Crippen molar-refractivity contribution in [2.24, 2.45) is 0 Å². The van der Waals surface area contributed by atoms with Gasteiger partial charge >= 0.3 is 0 Å². The van der Waals surface area contributed by atoms with Crippen LogP contribution in [-0.2, 0) is 17.9 Å². The van der Waals surface area contributed by atoms with E-state index in [9.17, 15) is 14.0 Å². The molecule has 4 rings (SSSR count). The molecule has 34 heavy (non-hydrogen) atoms. The van der Waals surface area contributed by atoms with Crippen LogP contribution in [0.15, 0.2) is 65.6 Å². The Morgan fingerprint density at radius 3 is 2.50 bits per heavy atom. The molecule has 3 aromatic carbocycles. The molecule has 1 aliphatic heterocycles. The molecule has 9 heteroatoms. The fraction of sp³-hybridized carbons (Fsp3) is 0.120. The van der Waals surface area contributed by atoms with Gasteiger partial charge in [0.25, 0.3) is 11.1 Å². The van der Waals surface area contributed by atoms with Gasteiger partial charge in [-0.2, -0.15) is 0 Å². The van der Waals surface area contributed by atoms with Gasteiger partial charge < -0.3 is 9.47 Å². The maximum atomic E-state index is 14.0. The smallest absolute Gasteiger partial charge is 0.293 e. The third kappa shape index (κ3) is 5.22. The van der Waals surface area contributed by atoms with Gasteiger partial charge in [-0.05, 0) is 59.3 Å². The van der Waals surface area contributed by atoms with Gasteiger partial charge in [0.2, 0.25) is 0 Å². The summed E-state index contributed by atoms with van der Waals surface area (Å²) in [7, 11) is 1.47. The van der Waals surface area contributed by atoms with Crippen LogP contribution in [0.3, 0.4) is 0 Å². The zero-order valence-corrected chi connectivity index (χ0v) is 20.2. The van der Waals surface area contributed by atoms with E-state index in [0.29, 0.717) is 27.6 Å². The van der Waals surface area contributed by atoms with E-state index in [4.69, 9.17) is 32.7 Å². The molecular weight excluding hydrogens is 500 g/mol. The summed E-state index contributed by atoms with van der Waals surface area (Å²) in [6, 6.07) is 16.5. The number of nitrogens with zero attached hydrogens (tertiary/aromatic N) is 1. The van der Waals surface area contributed by atoms with Gasteiger partial charge in [0.1, 0.15) is 12.4 Å². The number of carbonyl (C=O) groups is 2. The molecule has 1 saturated heterocycles. The van der Waals surface area contributed by atoms with E-state index in [1.807, 2.05) is 0 Å². The number of hydrogen-bond donors (Lipinski definition) is 0. The topological polar surface area (TPSA) is 55.8 Å². The molecule has 174 valence electrons. The van der Waals surface area contributed by atoms with Gasteiger partial charge in [-0.1, -0.05) is 53.5 Å². The van der Waals surface area contributed by atoms with Crippen LogP contribution in [-0.4, -0.2) is 23.2 Å². The predicted octanol–water partition coefficient (Wildman–Crippen LogP) is 6.96. The van der Waals surface area contributed by atoms with E-state index in [0.717, 1.165) is 16.7 Å². The van der Waals surface area contributed by atoms with E-state index >= 15 is 0 Å². The number of rotatable bonds is 7. The van der Waals surface area contributed by atoms with Crippen LogP contribution >= 0.6 is 35.0 Å². The number of thioether (sulfide) groups is 1. The fourth-order valence-electron chi connectivity index (χ4n) is 3.30. The summed E-state index contributed by atoms with van der Waals surface area (Å²) in [5.41, 5.74) is 1.56. The number of hydrogen-bond acceptors (Lipinski definition) is 5. The van der Waals surface area contributed by atoms with Crippen molar-refractivity contribution in [1.82, 2.24) is 4.90 Å². The molecule has 0 unspecified atom stereocenters. The monoisotopic (exact) mass is 517 g/mol. The van der Waals surface area contributed by atoms with Crippen molar-refractivity contribution in [3.63, 3.8) is 0 Å². The molecule has 5 nitrogen and oxygen atoms in total. The Morgan fingerprint density at radius 2 is 1.76 bits per heavy atom. The van der Waals surface area contributed by atoms with Crippen molar-refractivity contribution in [3.05, 3.63) is 98.1 Å². The van der Waals surface area contributed by atoms with Gasteiger partial charge in [-0.15, -0.1) is 0 Å². The Bertz CT molecular complexity index is 1280. The molecular formula is C25H18Cl2FNO4S. The van der Waals surface area contributed by atoms with Crippen LogP contribution in [0.1, 0.15) is 16.7 Å². The Balaban J connectivity index is 1.51. The summed E-state index contributed by atoms with van der Waals surface area (Å²) >= 11 is 13.1. The van der Waals surface area contributed by atoms with Crippen molar-refractivity contribution < 1.29 is 23.5 Å². The summed E-state index contributed by atoms with van der Waals surface area (Å²) in [6.45, 7) is 0.0124. The maximum Gasteiger partial charge on any atom is 0.293 e. The molecule has 0 atom stereocenters. The molecule has 1 aliphatic rings. The Kier molecular flexibility index (Phi) is 7.46. The van der Waals surface area contributed by atoms with Gasteiger partial charge in [-0.25, -0.2) is 4.39 Å². The van der Waals surface area contributed by atoms with Gasteiger partial charge in [0.05, 0.1) is 23.6 Å². The molecule has 0 spiro atoms. The largest absolute Gasteiger partial charge is 0.493 e. The first kappa shape index (κ1) is 24.1. The van der Waals surface area contributed by atoms with Gasteiger partial charge in [0.15, 0.2) is 11.5 Å². The summed E-state index contributed by atoms with van der Waals surface area (Å²) < 4.78 is 25.1. The van der Waals surface area contributed by atoms with Crippen LogP contribution in [0.25, 0.3) is 6.08 Å². The second kappa shape index (κ2) is 10.5. The average Bonchev–Trinajstić information content (AvgIpc) is 3.08. The summed E-state index contributed by atoms with van der Waals surface area (Å²) in [6.07, 6.45) is 1.61. The highest BCUT2D eigenvalue weighted by Crippen LogP contribution is 2.36. The highest BCUT2D eigenvalue weighted by atomic mass is 35.5. The van der Waals surface area contributed by atoms with E-state index in [2.05, 4.69) is 0 Å². The van der Waals surface area contributed by atoms with Crippen LogP contribution in [0.5, 0.6) is 11.5 Å². The molecule has 1 heterocycles. The first-order valence-corrected chi connectivity index (χ1v) is 11.7. The number of imide groups is 1. The van der Waals surface area contributed by atoms with E-state index in [1.165, 1.54) is 19.2 Å². The first-order valence-electron chi connectivity index (χ1n) is 10.1. The summed E-state index contributed by atoms with van der Waals surface area (Å²) in [5.74, 6) is -0.0960. The number of halogens is 3. The maximum absolute atomic E-state index is 14.0. The number of carbonyl (C=O) groups excluding carboxylic acids is 2. The van der Waals surface area contributed by atoms with Gasteiger partial charge in [0, 0.05) is 10.6 Å². The second-order valence-electron chi connectivity index (χ2n) is 7.26. The van der Waals surface area contributed by atoms with Crippen LogP contribution < -0.4 is 9.47 Å². The van der Waals surface area contributed by atoms with Crippen LogP contribution in [0.4, 0.5) is 9.18 Å². The van der Waals surface area contributed by atoms with Crippen molar-refractivity contribution in [2.45, 2.75) is 13.2 Å². The van der Waals surface area contributed by atoms with Gasteiger partial charge in [-0.3, -0.25) is 14.5 Å². The molecule has 0 N–H and O–H groups in total. The highest BCUT2D eigenvalue weighted by molar-refractivity contribution is 8.18. The SMILES string of the molecule is COc1cc(/C=C2\SC(=O)N(Cc3ccccc3Cl)C2=O)ccc1OCc1c(F)cccc1Cl. The van der Waals surface area contributed by atoms with Crippen molar-refractivity contribution in [3.8, 4) is 11.5 Å². The number of methoxy groups -OCH3 is 1. The molecule has 3 aromatic rings. The van der Waals surface area contributed by atoms with Crippen LogP contribution in [0.2, 0.25) is 10.0 Å². The number of amides is 2. The molecule has 0 aliphatic carbocycles. The lowest BCUT2D eigenvalue weighted by Crippen LogP contribution is -2.27. The Labute approximate surface area is 210 Å². The third-order valence-electron chi connectivity index (χ3n) is 5.08. The minimum Gasteiger partial charge on any atom is -0.493 e. The van der Waals surface area contributed by atoms with E-state index in [-0.39, 0.29) is 33.9 Å². The van der Waals surface area contributed by atoms with Crippen molar-refractivity contribution >= 4 is 52.2 Å². The molecule has 0 bridgehead atoms. The third-order valence-corrected chi connectivity index (χ3v) is 6.71. The minimum atomic E-state index is -0.462. The summed E-state index contributed by atoms with van der Waals surface area (Å²) in [5, 5.41) is 0.385. The fourth-order valence-corrected chi connectivity index (χ4v) is 4.55. The quantitative estimate of drug-likeness (QED) is 0.317. The lowest BCUT2D eigenvalue weighted by atomic mass is 10.1. The average molecular weight is 518 g/mol. The molecule has 0 saturated carbocycles. The predicted molar refractivity (Wildman–Crippen MR) is 132 cm³/mol. The zero-order valence-electron chi connectivity index (χ0n) is 17.9. The standard InChI is InChI=1S/C25H18Cl2FNO4S/c1-32-22-11-15(9-10-21(22)33-14-17-19(27)7-4-8-20(17)28)12-23-24(30)29(25(31)34-23)13-16-5-2-3-6-18(16)26/h2-12H,13-14H2,1H3/b23-12-. The Morgan fingerprint density at radius 1 is 1.00 bits per heavy atom. The lowest BCUT2D eigenvalue weighted by molar-refractivity contribution is -0.123. The van der Waals surface area contributed by atoms with E-state index in [1.54, 1.807) is 54.6 Å². The molecule has 1 fully saturated rings. The van der Waals surface area contributed by atoms with E-state index < -0.39 is 11.7 Å². The second-order valence-corrected chi connectivity index (χ2v) is 9.07.